The van der Waals surface area contributed by atoms with Crippen LogP contribution in [0, 0.1) is 6.92 Å². The van der Waals surface area contributed by atoms with E-state index in [2.05, 4.69) is 5.32 Å². The molecule has 0 unspecified atom stereocenters. The highest BCUT2D eigenvalue weighted by Gasteiger charge is 2.36. The summed E-state index contributed by atoms with van der Waals surface area (Å²) in [6.07, 6.45) is 0.760. The van der Waals surface area contributed by atoms with Crippen LogP contribution in [0.1, 0.15) is 49.1 Å². The average Bonchev–Trinajstić information content (AvgIpc) is 3.09. The summed E-state index contributed by atoms with van der Waals surface area (Å²) in [5, 5.41) is 2.80. The fourth-order valence-corrected chi connectivity index (χ4v) is 3.76. The smallest absolute Gasteiger partial charge is 0.338 e. The maximum Gasteiger partial charge on any atom is 0.338 e. The Morgan fingerprint density at radius 3 is 2.12 bits per heavy atom. The predicted molar refractivity (Wildman–Crippen MR) is 123 cm³/mol. The molecule has 0 radical (unpaired) electrons. The van der Waals surface area contributed by atoms with Crippen molar-refractivity contribution in [3.05, 3.63) is 94.5 Å². The summed E-state index contributed by atoms with van der Waals surface area (Å²) in [7, 11) is 0. The standard InChI is InChI=1S/C26H22N2O5/c1-3-17-8-6-7-16(2)23(17)27-22(29)15-33-26(32)18-11-13-19(14-12-18)28-24(30)20-9-4-5-10-21(20)25(28)31/h4-14H,3,15H2,1-2H3,(H,27,29). The number of rotatable bonds is 6. The van der Waals surface area contributed by atoms with E-state index in [-0.39, 0.29) is 5.56 Å². The van der Waals surface area contributed by atoms with Gasteiger partial charge in [0.25, 0.3) is 17.7 Å². The van der Waals surface area contributed by atoms with Crippen LogP contribution in [0.3, 0.4) is 0 Å². The highest BCUT2D eigenvalue weighted by molar-refractivity contribution is 6.34. The van der Waals surface area contributed by atoms with Crippen LogP contribution in [0.4, 0.5) is 11.4 Å². The number of amides is 3. The second-order valence-electron chi connectivity index (χ2n) is 7.63. The minimum Gasteiger partial charge on any atom is -0.452 e. The Labute approximate surface area is 191 Å². The molecule has 3 aromatic carbocycles. The third-order valence-electron chi connectivity index (χ3n) is 5.49. The van der Waals surface area contributed by atoms with E-state index in [1.165, 1.54) is 24.3 Å². The highest BCUT2D eigenvalue weighted by atomic mass is 16.5. The van der Waals surface area contributed by atoms with Crippen LogP contribution in [0.2, 0.25) is 0 Å². The molecule has 166 valence electrons. The van der Waals surface area contributed by atoms with Gasteiger partial charge in [-0.05, 0) is 60.9 Å². The zero-order valence-corrected chi connectivity index (χ0v) is 18.3. The quantitative estimate of drug-likeness (QED) is 0.457. The molecule has 0 aromatic heterocycles. The molecule has 1 aliphatic rings. The molecule has 0 aliphatic carbocycles. The first-order chi connectivity index (χ1) is 15.9. The topological polar surface area (TPSA) is 92.8 Å². The molecule has 3 amide bonds. The Bertz CT molecular complexity index is 1230. The second-order valence-corrected chi connectivity index (χ2v) is 7.63. The third-order valence-corrected chi connectivity index (χ3v) is 5.49. The average molecular weight is 442 g/mol. The van der Waals surface area contributed by atoms with Gasteiger partial charge >= 0.3 is 5.97 Å². The minimum absolute atomic E-state index is 0.202. The molecule has 1 N–H and O–H groups in total. The molecule has 0 saturated heterocycles. The molecule has 4 rings (SSSR count). The van der Waals surface area contributed by atoms with Gasteiger partial charge in [0.1, 0.15) is 0 Å². The lowest BCUT2D eigenvalue weighted by atomic mass is 10.1. The van der Waals surface area contributed by atoms with Gasteiger partial charge in [-0.3, -0.25) is 14.4 Å². The van der Waals surface area contributed by atoms with Gasteiger partial charge in [0.05, 0.1) is 22.4 Å². The van der Waals surface area contributed by atoms with Crippen LogP contribution < -0.4 is 10.2 Å². The summed E-state index contributed by atoms with van der Waals surface area (Å²) in [6.45, 7) is 3.46. The van der Waals surface area contributed by atoms with Crippen molar-refractivity contribution in [3.8, 4) is 0 Å². The molecule has 0 spiro atoms. The second kappa shape index (κ2) is 9.08. The van der Waals surface area contributed by atoms with Gasteiger partial charge in [0.2, 0.25) is 0 Å². The molecule has 1 heterocycles. The first-order valence-corrected chi connectivity index (χ1v) is 10.5. The van der Waals surface area contributed by atoms with Crippen LogP contribution in [0.25, 0.3) is 0 Å². The number of esters is 1. The van der Waals surface area contributed by atoms with Crippen LogP contribution in [0.15, 0.2) is 66.7 Å². The Balaban J connectivity index is 1.39. The van der Waals surface area contributed by atoms with Gasteiger partial charge < -0.3 is 10.1 Å². The van der Waals surface area contributed by atoms with Crippen molar-refractivity contribution in [3.63, 3.8) is 0 Å². The van der Waals surface area contributed by atoms with E-state index in [1.54, 1.807) is 24.3 Å². The molecule has 0 atom stereocenters. The molecular weight excluding hydrogens is 420 g/mol. The van der Waals surface area contributed by atoms with Crippen molar-refractivity contribution in [2.75, 3.05) is 16.8 Å². The zero-order valence-electron chi connectivity index (χ0n) is 18.3. The van der Waals surface area contributed by atoms with Crippen molar-refractivity contribution in [2.45, 2.75) is 20.3 Å². The number of aryl methyl sites for hydroxylation is 2. The first-order valence-electron chi connectivity index (χ1n) is 10.5. The van der Waals surface area contributed by atoms with Crippen LogP contribution in [0.5, 0.6) is 0 Å². The van der Waals surface area contributed by atoms with Gasteiger partial charge in [0, 0.05) is 5.69 Å². The van der Waals surface area contributed by atoms with Crippen LogP contribution in [-0.4, -0.2) is 30.3 Å². The van der Waals surface area contributed by atoms with E-state index in [1.807, 2.05) is 32.0 Å². The number of imide groups is 1. The van der Waals surface area contributed by atoms with Crippen molar-refractivity contribution in [1.29, 1.82) is 0 Å². The normalized spacial score (nSPS) is 12.5. The minimum atomic E-state index is -0.681. The Morgan fingerprint density at radius 2 is 1.52 bits per heavy atom. The number of hydrogen-bond acceptors (Lipinski definition) is 5. The van der Waals surface area contributed by atoms with Crippen molar-refractivity contribution in [1.82, 2.24) is 0 Å². The van der Waals surface area contributed by atoms with E-state index in [0.717, 1.165) is 28.1 Å². The fourth-order valence-electron chi connectivity index (χ4n) is 3.76. The Kier molecular flexibility index (Phi) is 6.04. The summed E-state index contributed by atoms with van der Waals surface area (Å²) < 4.78 is 5.14. The SMILES string of the molecule is CCc1cccc(C)c1NC(=O)COC(=O)c1ccc(N2C(=O)c3ccccc3C2=O)cc1. The van der Waals surface area contributed by atoms with Gasteiger partial charge in [-0.1, -0.05) is 37.3 Å². The van der Waals surface area contributed by atoms with Crippen molar-refractivity contribution in [2.24, 2.45) is 0 Å². The number of nitrogens with one attached hydrogen (secondary N) is 1. The number of fused-ring (bicyclic) bond motifs is 1. The van der Waals surface area contributed by atoms with Crippen LogP contribution >= 0.6 is 0 Å². The fraction of sp³-hybridized carbons (Fsp3) is 0.154. The number of carbonyl (C=O) groups is 4. The molecule has 3 aromatic rings. The number of para-hydroxylation sites is 1. The largest absolute Gasteiger partial charge is 0.452 e. The van der Waals surface area contributed by atoms with Gasteiger partial charge in [-0.2, -0.15) is 0 Å². The molecule has 33 heavy (non-hydrogen) atoms. The van der Waals surface area contributed by atoms with E-state index in [9.17, 15) is 19.2 Å². The number of nitrogens with zero attached hydrogens (tertiary/aromatic N) is 1. The number of hydrogen-bond donors (Lipinski definition) is 1. The van der Waals surface area contributed by atoms with Crippen molar-refractivity contribution < 1.29 is 23.9 Å². The Hall–Kier alpha value is -4.26. The van der Waals surface area contributed by atoms with Gasteiger partial charge in [0.15, 0.2) is 6.61 Å². The molecule has 1 aliphatic heterocycles. The maximum atomic E-state index is 12.6. The van der Waals surface area contributed by atoms with E-state index < -0.39 is 30.3 Å². The lowest BCUT2D eigenvalue weighted by molar-refractivity contribution is -0.119. The van der Waals surface area contributed by atoms with Crippen LogP contribution in [-0.2, 0) is 16.0 Å². The number of anilines is 2. The molecule has 0 fully saturated rings. The number of ether oxygens (including phenoxy) is 1. The van der Waals surface area contributed by atoms with Gasteiger partial charge in [-0.15, -0.1) is 0 Å². The third kappa shape index (κ3) is 4.25. The zero-order chi connectivity index (χ0) is 23.5. The Morgan fingerprint density at radius 1 is 0.879 bits per heavy atom. The molecular formula is C26H22N2O5. The van der Waals surface area contributed by atoms with Gasteiger partial charge in [-0.25, -0.2) is 9.69 Å². The van der Waals surface area contributed by atoms with E-state index >= 15 is 0 Å². The van der Waals surface area contributed by atoms with Crippen molar-refractivity contribution >= 4 is 35.1 Å². The molecule has 7 nitrogen and oxygen atoms in total. The molecule has 0 bridgehead atoms. The maximum absolute atomic E-state index is 12.6. The lowest BCUT2D eigenvalue weighted by Gasteiger charge is -2.14. The summed E-state index contributed by atoms with van der Waals surface area (Å²) in [4.78, 5) is 50.9. The highest BCUT2D eigenvalue weighted by Crippen LogP contribution is 2.28. The number of benzene rings is 3. The monoisotopic (exact) mass is 442 g/mol. The first kappa shape index (κ1) is 22.0. The predicted octanol–water partition coefficient (Wildman–Crippen LogP) is 4.15. The number of carbonyl (C=O) groups excluding carboxylic acids is 4. The lowest BCUT2D eigenvalue weighted by Crippen LogP contribution is -2.29. The van der Waals surface area contributed by atoms with E-state index in [0.29, 0.717) is 16.8 Å². The summed E-state index contributed by atoms with van der Waals surface area (Å²) in [5.41, 5.74) is 3.90. The summed E-state index contributed by atoms with van der Waals surface area (Å²) in [6, 6.07) is 18.3. The molecule has 7 heteroatoms. The molecule has 0 saturated carbocycles. The summed E-state index contributed by atoms with van der Waals surface area (Å²) >= 11 is 0. The summed E-state index contributed by atoms with van der Waals surface area (Å²) in [5.74, 6) is -1.94. The van der Waals surface area contributed by atoms with E-state index in [4.69, 9.17) is 4.74 Å².